The van der Waals surface area contributed by atoms with Crippen LogP contribution in [0.15, 0.2) is 0 Å². The van der Waals surface area contributed by atoms with Crippen LogP contribution in [0.2, 0.25) is 0 Å². The first kappa shape index (κ1) is 20.0. The fourth-order valence-corrected chi connectivity index (χ4v) is 3.78. The van der Waals surface area contributed by atoms with Crippen molar-refractivity contribution in [2.75, 3.05) is 6.54 Å². The van der Waals surface area contributed by atoms with Crippen molar-refractivity contribution in [3.05, 3.63) is 0 Å². The van der Waals surface area contributed by atoms with Crippen LogP contribution in [0, 0.1) is 17.8 Å². The zero-order valence-corrected chi connectivity index (χ0v) is 15.2. The molecule has 1 aliphatic heterocycles. The fraction of sp³-hybridized carbons (Fsp3) is 1.00. The molecule has 0 spiro atoms. The zero-order valence-electron chi connectivity index (χ0n) is 15.2. The van der Waals surface area contributed by atoms with E-state index in [1.54, 1.807) is 0 Å². The molecule has 1 atom stereocenters. The Morgan fingerprint density at radius 2 is 1.30 bits per heavy atom. The minimum Gasteiger partial charge on any atom is -0.311 e. The van der Waals surface area contributed by atoms with Gasteiger partial charge in [-0.05, 0) is 43.4 Å². The van der Waals surface area contributed by atoms with Crippen LogP contribution >= 0.6 is 0 Å². The lowest BCUT2D eigenvalue weighted by molar-refractivity contribution is 0.184. The van der Waals surface area contributed by atoms with Gasteiger partial charge in [-0.3, -0.25) is 0 Å². The van der Waals surface area contributed by atoms with Gasteiger partial charge in [0, 0.05) is 12.6 Å². The largest absolute Gasteiger partial charge is 0.311 e. The lowest BCUT2D eigenvalue weighted by Gasteiger charge is -2.33. The molecular weight excluding hydrogens is 242 g/mol. The highest BCUT2D eigenvalue weighted by Gasteiger charge is 2.35. The van der Waals surface area contributed by atoms with Crippen molar-refractivity contribution in [2.45, 2.75) is 99.0 Å². The second-order valence-electron chi connectivity index (χ2n) is 6.03. The molecule has 0 bridgehead atoms. The predicted molar refractivity (Wildman–Crippen MR) is 93.2 cm³/mol. The van der Waals surface area contributed by atoms with Crippen molar-refractivity contribution in [2.24, 2.45) is 17.8 Å². The summed E-state index contributed by atoms with van der Waals surface area (Å²) in [6, 6.07) is 0.914. The van der Waals surface area contributed by atoms with Crippen LogP contribution in [0.3, 0.4) is 0 Å². The Hall–Kier alpha value is -0.0400. The van der Waals surface area contributed by atoms with E-state index < -0.39 is 0 Å². The van der Waals surface area contributed by atoms with Crippen molar-refractivity contribution < 1.29 is 0 Å². The topological polar surface area (TPSA) is 21.9 Å². The Morgan fingerprint density at radius 3 is 1.65 bits per heavy atom. The van der Waals surface area contributed by atoms with Gasteiger partial charge in [-0.15, -0.1) is 0 Å². The van der Waals surface area contributed by atoms with E-state index in [9.17, 15) is 0 Å². The number of nitrogens with one attached hydrogen (secondary N) is 1. The molecule has 20 heavy (non-hydrogen) atoms. The third-order valence-electron chi connectivity index (χ3n) is 4.81. The second-order valence-corrected chi connectivity index (χ2v) is 6.03. The van der Waals surface area contributed by atoms with Gasteiger partial charge in [0.2, 0.25) is 0 Å². The molecule has 0 aromatic heterocycles. The van der Waals surface area contributed by atoms with Gasteiger partial charge < -0.3 is 5.32 Å². The maximum absolute atomic E-state index is 3.50. The lowest BCUT2D eigenvalue weighted by Crippen LogP contribution is -2.24. The first-order chi connectivity index (χ1) is 9.85. The molecule has 1 N–H and O–H groups in total. The highest BCUT2D eigenvalue weighted by molar-refractivity contribution is 4.92. The van der Waals surface area contributed by atoms with Gasteiger partial charge in [0.1, 0.15) is 0 Å². The van der Waals surface area contributed by atoms with Crippen LogP contribution in [-0.2, 0) is 0 Å². The molecule has 2 fully saturated rings. The van der Waals surface area contributed by atoms with Crippen molar-refractivity contribution in [3.8, 4) is 0 Å². The average molecular weight is 284 g/mol. The molecule has 1 saturated carbocycles. The van der Waals surface area contributed by atoms with Gasteiger partial charge >= 0.3 is 0 Å². The van der Waals surface area contributed by atoms with E-state index in [-0.39, 0.29) is 0 Å². The van der Waals surface area contributed by atoms with Gasteiger partial charge in [-0.2, -0.15) is 0 Å². The van der Waals surface area contributed by atoms with Crippen LogP contribution in [0.5, 0.6) is 0 Å². The summed E-state index contributed by atoms with van der Waals surface area (Å²) < 4.78 is 0. The molecule has 1 unspecified atom stereocenters. The molecule has 0 aromatic carbocycles. The molecule has 1 heteroatoms. The third-order valence-corrected chi connectivity index (χ3v) is 4.81. The van der Waals surface area contributed by atoms with Gasteiger partial charge in [0.05, 0.1) is 0 Å². The Kier molecular flexibility index (Phi) is 12.7. The van der Waals surface area contributed by atoms with E-state index in [1.807, 2.05) is 27.7 Å². The van der Waals surface area contributed by atoms with Crippen LogP contribution in [0.1, 0.15) is 92.9 Å². The van der Waals surface area contributed by atoms with Crippen LogP contribution in [-0.4, -0.2) is 12.6 Å². The van der Waals surface area contributed by atoms with Crippen LogP contribution in [0.25, 0.3) is 0 Å². The van der Waals surface area contributed by atoms with Crippen molar-refractivity contribution in [1.29, 1.82) is 0 Å². The second kappa shape index (κ2) is 12.7. The molecule has 1 aliphatic carbocycles. The van der Waals surface area contributed by atoms with Gasteiger partial charge in [-0.25, -0.2) is 0 Å². The maximum atomic E-state index is 3.50. The van der Waals surface area contributed by atoms with Gasteiger partial charge in [-0.1, -0.05) is 67.2 Å². The molecule has 122 valence electrons. The highest BCUT2D eigenvalue weighted by atomic mass is 15.1. The number of rotatable bonds is 6. The van der Waals surface area contributed by atoms with Crippen molar-refractivity contribution in [3.63, 3.8) is 0 Å². The van der Waals surface area contributed by atoms with Crippen molar-refractivity contribution >= 4 is 0 Å². The minimum atomic E-state index is 0.914. The lowest BCUT2D eigenvalue weighted by atomic mass is 9.72. The first-order valence-electron chi connectivity index (χ1n) is 9.58. The molecule has 2 rings (SSSR count). The molecule has 0 aromatic rings. The summed E-state index contributed by atoms with van der Waals surface area (Å²) in [6.07, 6.45) is 11.8. The molecule has 1 heterocycles. The standard InChI is InChI=1S/C15H29N.2C2H6/c1-3-5-12(6-4-2)13-7-9-14(10-8-13)15-11-16-15;2*1-2/h12-16H,3-11H2,1-2H3;2*1-2H3. The Bertz CT molecular complexity index is 184. The normalized spacial score (nSPS) is 28.1. The summed E-state index contributed by atoms with van der Waals surface area (Å²) >= 11 is 0. The summed E-state index contributed by atoms with van der Waals surface area (Å²) in [7, 11) is 0. The SMILES string of the molecule is CC.CC.CCCC(CCC)C1CCC(C2CN2)CC1. The molecule has 0 amide bonds. The molecule has 1 saturated heterocycles. The Balaban J connectivity index is 0.000000829. The summed E-state index contributed by atoms with van der Waals surface area (Å²) in [5.41, 5.74) is 0. The maximum Gasteiger partial charge on any atom is 0.0221 e. The number of hydrogen-bond donors (Lipinski definition) is 1. The molecule has 0 radical (unpaired) electrons. The molecule has 1 nitrogen and oxygen atoms in total. The first-order valence-corrected chi connectivity index (χ1v) is 9.58. The van der Waals surface area contributed by atoms with Gasteiger partial charge in [0.25, 0.3) is 0 Å². The van der Waals surface area contributed by atoms with Gasteiger partial charge in [0.15, 0.2) is 0 Å². The summed E-state index contributed by atoms with van der Waals surface area (Å²) in [4.78, 5) is 0. The van der Waals surface area contributed by atoms with Crippen LogP contribution in [0.4, 0.5) is 0 Å². The average Bonchev–Trinajstić information content (AvgIpc) is 3.36. The number of hydrogen-bond acceptors (Lipinski definition) is 1. The molecule has 2 aliphatic rings. The highest BCUT2D eigenvalue weighted by Crippen LogP contribution is 2.39. The fourth-order valence-electron chi connectivity index (χ4n) is 3.78. The predicted octanol–water partition coefficient (Wildman–Crippen LogP) is 6.03. The monoisotopic (exact) mass is 283 g/mol. The summed E-state index contributed by atoms with van der Waals surface area (Å²) in [5, 5.41) is 3.50. The zero-order chi connectivity index (χ0) is 15.4. The van der Waals surface area contributed by atoms with Crippen LogP contribution < -0.4 is 5.32 Å². The van der Waals surface area contributed by atoms with E-state index in [2.05, 4.69) is 19.2 Å². The summed E-state index contributed by atoms with van der Waals surface area (Å²) in [6.45, 7) is 14.0. The van der Waals surface area contributed by atoms with E-state index in [4.69, 9.17) is 0 Å². The Morgan fingerprint density at radius 1 is 0.850 bits per heavy atom. The quantitative estimate of drug-likeness (QED) is 0.590. The van der Waals surface area contributed by atoms with E-state index in [0.717, 1.165) is 23.8 Å². The third kappa shape index (κ3) is 7.11. The van der Waals surface area contributed by atoms with E-state index in [1.165, 1.54) is 57.9 Å². The Labute approximate surface area is 129 Å². The minimum absolute atomic E-state index is 0.914. The molecular formula is C19H41N. The van der Waals surface area contributed by atoms with E-state index in [0.29, 0.717) is 0 Å². The summed E-state index contributed by atoms with van der Waals surface area (Å²) in [5.74, 6) is 3.14. The smallest absolute Gasteiger partial charge is 0.0221 e. The van der Waals surface area contributed by atoms with Crippen molar-refractivity contribution in [1.82, 2.24) is 5.32 Å². The van der Waals surface area contributed by atoms with E-state index >= 15 is 0 Å².